The number of hydrogen-bond donors (Lipinski definition) is 1. The van der Waals surface area contributed by atoms with Crippen molar-refractivity contribution in [1.29, 1.82) is 0 Å². The molecule has 5 heterocycles. The van der Waals surface area contributed by atoms with Crippen LogP contribution in [-0.2, 0) is 27.7 Å². The Kier molecular flexibility index (Phi) is 6.99. The minimum absolute atomic E-state index is 0.0395. The van der Waals surface area contributed by atoms with Gasteiger partial charge >= 0.3 is 0 Å². The molecule has 41 heavy (non-hydrogen) atoms. The fraction of sp³-hybridized carbons (Fsp3) is 0.286. The number of rotatable bonds is 4. The van der Waals surface area contributed by atoms with Crippen LogP contribution in [0.2, 0.25) is 0 Å². The van der Waals surface area contributed by atoms with Crippen molar-refractivity contribution in [2.24, 2.45) is 0 Å². The molecule has 1 atom stereocenters. The Hall–Kier alpha value is -4.23. The van der Waals surface area contributed by atoms with E-state index in [0.29, 0.717) is 41.7 Å². The number of aryl methyl sites for hydroxylation is 1. The van der Waals surface area contributed by atoms with Crippen molar-refractivity contribution in [3.63, 3.8) is 0 Å². The van der Waals surface area contributed by atoms with Gasteiger partial charge in [0.05, 0.1) is 42.4 Å². The number of anilines is 2. The maximum absolute atomic E-state index is 14.8. The first kappa shape index (κ1) is 27.0. The van der Waals surface area contributed by atoms with E-state index in [2.05, 4.69) is 15.3 Å². The number of hydrogen-bond acceptors (Lipinski definition) is 9. The summed E-state index contributed by atoms with van der Waals surface area (Å²) in [5.41, 5.74) is -0.717. The van der Waals surface area contributed by atoms with E-state index in [0.717, 1.165) is 23.1 Å². The maximum atomic E-state index is 14.8. The Morgan fingerprint density at radius 2 is 2.00 bits per heavy atom. The first-order valence-corrected chi connectivity index (χ1v) is 14.4. The number of sulfone groups is 1. The second kappa shape index (κ2) is 10.6. The molecule has 2 aliphatic rings. The Bertz CT molecular complexity index is 1790. The lowest BCUT2D eigenvalue weighted by molar-refractivity contribution is 0.0946. The second-order valence-corrected chi connectivity index (χ2v) is 11.8. The van der Waals surface area contributed by atoms with Gasteiger partial charge in [0.1, 0.15) is 18.2 Å². The van der Waals surface area contributed by atoms with Gasteiger partial charge in [-0.25, -0.2) is 27.2 Å². The molecule has 13 heteroatoms. The third kappa shape index (κ3) is 5.18. The molecule has 0 saturated carbocycles. The van der Waals surface area contributed by atoms with Crippen molar-refractivity contribution in [2.75, 3.05) is 24.7 Å². The monoisotopic (exact) mass is 581 g/mol. The number of carbonyl (C=O) groups is 1. The third-order valence-electron chi connectivity index (χ3n) is 6.92. The van der Waals surface area contributed by atoms with Crippen LogP contribution in [-0.4, -0.2) is 54.5 Å². The van der Waals surface area contributed by atoms with Crippen LogP contribution in [0.4, 0.5) is 20.4 Å². The summed E-state index contributed by atoms with van der Waals surface area (Å²) in [7, 11) is -4.49. The predicted octanol–water partition coefficient (Wildman–Crippen LogP) is 3.92. The summed E-state index contributed by atoms with van der Waals surface area (Å²) in [5.74, 6) is 0.331. The number of aromatic nitrogens is 3. The molecule has 2 aliphatic heterocycles. The predicted molar refractivity (Wildman–Crippen MR) is 145 cm³/mol. The molecule has 1 aromatic carbocycles. The van der Waals surface area contributed by atoms with Crippen molar-refractivity contribution in [1.82, 2.24) is 20.3 Å². The smallest absolute Gasteiger partial charge is 0.251 e. The number of alkyl halides is 1. The van der Waals surface area contributed by atoms with E-state index in [1.165, 1.54) is 0 Å². The third-order valence-corrected chi connectivity index (χ3v) is 8.80. The van der Waals surface area contributed by atoms with Crippen LogP contribution in [0.3, 0.4) is 0 Å². The summed E-state index contributed by atoms with van der Waals surface area (Å²) in [6, 6.07) is 9.31. The van der Waals surface area contributed by atoms with Gasteiger partial charge in [0.25, 0.3) is 5.91 Å². The van der Waals surface area contributed by atoms with Gasteiger partial charge in [-0.2, -0.15) is 0 Å². The number of amides is 1. The van der Waals surface area contributed by atoms with E-state index in [4.69, 9.17) is 14.5 Å². The van der Waals surface area contributed by atoms with E-state index >= 15 is 0 Å². The largest absolute Gasteiger partial charge is 0.488 e. The SMILES string of the molecule is Cc1cnc2c(c1)OCCN2c1ccc2cnc(CNC(=O)c3cc(F)c4c(c3)S(=O)(=O)[C@@H](F)CCOC4)cc2n1. The minimum Gasteiger partial charge on any atom is -0.488 e. The van der Waals surface area contributed by atoms with Gasteiger partial charge in [-0.3, -0.25) is 9.78 Å². The number of benzene rings is 1. The van der Waals surface area contributed by atoms with Crippen molar-refractivity contribution in [3.8, 4) is 5.75 Å². The van der Waals surface area contributed by atoms with Crippen molar-refractivity contribution < 1.29 is 31.5 Å². The minimum atomic E-state index is -4.49. The molecular weight excluding hydrogens is 556 g/mol. The Morgan fingerprint density at radius 3 is 2.85 bits per heavy atom. The Labute approximate surface area is 234 Å². The summed E-state index contributed by atoms with van der Waals surface area (Å²) in [4.78, 5) is 28.0. The summed E-state index contributed by atoms with van der Waals surface area (Å²) in [6.45, 7) is 2.46. The quantitative estimate of drug-likeness (QED) is 0.382. The van der Waals surface area contributed by atoms with Crippen LogP contribution in [0.5, 0.6) is 5.75 Å². The average molecular weight is 582 g/mol. The first-order chi connectivity index (χ1) is 19.7. The molecule has 0 spiro atoms. The molecule has 212 valence electrons. The van der Waals surface area contributed by atoms with Crippen molar-refractivity contribution >= 4 is 38.3 Å². The summed E-state index contributed by atoms with van der Waals surface area (Å²) in [5, 5.41) is 3.41. The highest BCUT2D eigenvalue weighted by molar-refractivity contribution is 7.92. The van der Waals surface area contributed by atoms with Crippen LogP contribution in [0.25, 0.3) is 10.9 Å². The molecule has 6 rings (SSSR count). The van der Waals surface area contributed by atoms with Crippen molar-refractivity contribution in [3.05, 3.63) is 77.0 Å². The number of pyridine rings is 3. The molecule has 0 bridgehead atoms. The number of nitrogens with zero attached hydrogens (tertiary/aromatic N) is 4. The van der Waals surface area contributed by atoms with Gasteiger partial charge < -0.3 is 19.7 Å². The molecule has 0 radical (unpaired) electrons. The summed E-state index contributed by atoms with van der Waals surface area (Å²) < 4.78 is 65.5. The Morgan fingerprint density at radius 1 is 1.15 bits per heavy atom. The molecule has 4 aromatic rings. The lowest BCUT2D eigenvalue weighted by atomic mass is 10.1. The lowest BCUT2D eigenvalue weighted by Crippen LogP contribution is -2.30. The Balaban J connectivity index is 1.23. The zero-order chi connectivity index (χ0) is 28.7. The normalized spacial score (nSPS) is 18.0. The second-order valence-electron chi connectivity index (χ2n) is 9.79. The highest BCUT2D eigenvalue weighted by Crippen LogP contribution is 2.35. The number of fused-ring (bicyclic) bond motifs is 3. The van der Waals surface area contributed by atoms with E-state index in [-0.39, 0.29) is 37.3 Å². The molecule has 10 nitrogen and oxygen atoms in total. The maximum Gasteiger partial charge on any atom is 0.251 e. The number of halogens is 2. The zero-order valence-electron chi connectivity index (χ0n) is 21.9. The molecular formula is C28H25F2N5O5S. The molecule has 3 aromatic heterocycles. The number of carbonyl (C=O) groups excluding carboxylic acids is 1. The standard InChI is InChI=1S/C28H25F2N5O5S/c1-16-8-23-27(32-12-16)35(5-7-40-23)26-3-2-17-13-31-19(11-22(17)34-26)14-33-28(36)18-9-21(29)20-15-39-6-4-25(30)41(37,38)24(20)10-18/h2-3,8-13,25H,4-7,14-15H2,1H3,(H,33,36)/t25-/m1/s1. The van der Waals surface area contributed by atoms with Crippen LogP contribution < -0.4 is 15.0 Å². The van der Waals surface area contributed by atoms with Crippen LogP contribution >= 0.6 is 0 Å². The van der Waals surface area contributed by atoms with Gasteiger partial charge in [0.15, 0.2) is 11.6 Å². The lowest BCUT2D eigenvalue weighted by Gasteiger charge is -2.29. The molecule has 0 saturated heterocycles. The first-order valence-electron chi connectivity index (χ1n) is 12.9. The fourth-order valence-corrected chi connectivity index (χ4v) is 6.24. The zero-order valence-corrected chi connectivity index (χ0v) is 22.7. The van der Waals surface area contributed by atoms with Gasteiger partial charge in [-0.15, -0.1) is 0 Å². The average Bonchev–Trinajstić information content (AvgIpc) is 2.96. The van der Waals surface area contributed by atoms with Crippen LogP contribution in [0.15, 0.2) is 53.7 Å². The van der Waals surface area contributed by atoms with E-state index in [1.54, 1.807) is 18.5 Å². The van der Waals surface area contributed by atoms with Gasteiger partial charge in [0.2, 0.25) is 15.3 Å². The van der Waals surface area contributed by atoms with E-state index in [9.17, 15) is 22.0 Å². The number of ether oxygens (including phenoxy) is 2. The van der Waals surface area contributed by atoms with Crippen LogP contribution in [0, 0.1) is 12.7 Å². The summed E-state index contributed by atoms with van der Waals surface area (Å²) in [6.07, 6.45) is 3.02. The molecule has 0 fully saturated rings. The van der Waals surface area contributed by atoms with E-state index in [1.807, 2.05) is 30.0 Å². The highest BCUT2D eigenvalue weighted by Gasteiger charge is 2.33. The fourth-order valence-electron chi connectivity index (χ4n) is 4.77. The van der Waals surface area contributed by atoms with Crippen molar-refractivity contribution in [2.45, 2.75) is 36.9 Å². The van der Waals surface area contributed by atoms with Gasteiger partial charge in [-0.1, -0.05) is 0 Å². The van der Waals surface area contributed by atoms with Gasteiger partial charge in [0, 0.05) is 35.3 Å². The molecule has 1 amide bonds. The summed E-state index contributed by atoms with van der Waals surface area (Å²) >= 11 is 0. The van der Waals surface area contributed by atoms with Crippen LogP contribution in [0.1, 0.15) is 33.6 Å². The topological polar surface area (TPSA) is 124 Å². The molecule has 0 unspecified atom stereocenters. The van der Waals surface area contributed by atoms with E-state index < -0.39 is 32.0 Å². The number of nitrogens with one attached hydrogen (secondary N) is 1. The van der Waals surface area contributed by atoms with Gasteiger partial charge in [-0.05, 0) is 48.9 Å². The molecule has 0 aliphatic carbocycles. The highest BCUT2D eigenvalue weighted by atomic mass is 32.2. The molecule has 1 N–H and O–H groups in total.